The maximum atomic E-state index is 5.61. The fraction of sp³-hybridized carbons (Fsp3) is 0.533. The molecule has 18 heavy (non-hydrogen) atoms. The first-order chi connectivity index (χ1) is 8.66. The van der Waals surface area contributed by atoms with Crippen LogP contribution in [0.2, 0.25) is 0 Å². The molecule has 0 amide bonds. The summed E-state index contributed by atoms with van der Waals surface area (Å²) >= 11 is 4.97. The third kappa shape index (κ3) is 3.53. The van der Waals surface area contributed by atoms with Crippen LogP contribution in [0, 0.1) is 0 Å². The average molecular weight is 262 g/mol. The molecule has 1 saturated heterocycles. The van der Waals surface area contributed by atoms with Crippen molar-refractivity contribution in [3.05, 3.63) is 35.4 Å². The summed E-state index contributed by atoms with van der Waals surface area (Å²) in [6, 6.07) is 9.04. The monoisotopic (exact) mass is 262 g/mol. The molecule has 0 aromatic heterocycles. The topological polar surface area (TPSA) is 29.3 Å². The largest absolute Gasteiger partial charge is 0.389 e. The van der Waals surface area contributed by atoms with Crippen molar-refractivity contribution in [3.63, 3.8) is 0 Å². The van der Waals surface area contributed by atoms with Crippen molar-refractivity contribution < 1.29 is 0 Å². The Morgan fingerprint density at radius 2 is 2.00 bits per heavy atom. The van der Waals surface area contributed by atoms with Crippen LogP contribution in [0.4, 0.5) is 0 Å². The zero-order valence-corrected chi connectivity index (χ0v) is 11.9. The fourth-order valence-electron chi connectivity index (χ4n) is 2.58. The molecule has 1 unspecified atom stereocenters. The van der Waals surface area contributed by atoms with E-state index in [9.17, 15) is 0 Å². The molecular formula is C15H22N2S. The van der Waals surface area contributed by atoms with Crippen LogP contribution >= 0.6 is 12.2 Å². The molecule has 2 N–H and O–H groups in total. The van der Waals surface area contributed by atoms with Gasteiger partial charge in [0.05, 0.1) is 0 Å². The van der Waals surface area contributed by atoms with E-state index in [4.69, 9.17) is 18.0 Å². The first kappa shape index (κ1) is 13.5. The highest BCUT2D eigenvalue weighted by atomic mass is 32.1. The lowest BCUT2D eigenvalue weighted by molar-refractivity contribution is 0.205. The van der Waals surface area contributed by atoms with Crippen LogP contribution in [-0.4, -0.2) is 22.5 Å². The quantitative estimate of drug-likeness (QED) is 0.849. The molecule has 0 aliphatic carbocycles. The number of benzene rings is 1. The van der Waals surface area contributed by atoms with E-state index in [0.29, 0.717) is 11.0 Å². The lowest BCUT2D eigenvalue weighted by Gasteiger charge is -2.26. The Hall–Kier alpha value is -0.930. The van der Waals surface area contributed by atoms with Crippen LogP contribution in [-0.2, 0) is 6.54 Å². The highest BCUT2D eigenvalue weighted by molar-refractivity contribution is 7.80. The van der Waals surface area contributed by atoms with Gasteiger partial charge in [-0.3, -0.25) is 4.90 Å². The van der Waals surface area contributed by atoms with Gasteiger partial charge in [0.2, 0.25) is 0 Å². The molecule has 2 rings (SSSR count). The van der Waals surface area contributed by atoms with Crippen LogP contribution in [0.5, 0.6) is 0 Å². The van der Waals surface area contributed by atoms with E-state index in [2.05, 4.69) is 24.0 Å². The third-order valence-electron chi connectivity index (χ3n) is 3.81. The van der Waals surface area contributed by atoms with Gasteiger partial charge in [-0.1, -0.05) is 49.3 Å². The summed E-state index contributed by atoms with van der Waals surface area (Å²) in [7, 11) is 0. The molecule has 0 radical (unpaired) electrons. The van der Waals surface area contributed by atoms with Crippen molar-refractivity contribution >= 4 is 17.2 Å². The van der Waals surface area contributed by atoms with Gasteiger partial charge < -0.3 is 5.73 Å². The van der Waals surface area contributed by atoms with Crippen molar-refractivity contribution in [2.24, 2.45) is 5.73 Å². The third-order valence-corrected chi connectivity index (χ3v) is 4.05. The first-order valence-electron chi connectivity index (χ1n) is 6.79. The van der Waals surface area contributed by atoms with Crippen molar-refractivity contribution in [1.82, 2.24) is 4.90 Å². The van der Waals surface area contributed by atoms with Crippen LogP contribution in [0.15, 0.2) is 24.3 Å². The van der Waals surface area contributed by atoms with Crippen LogP contribution in [0.25, 0.3) is 0 Å². The van der Waals surface area contributed by atoms with E-state index >= 15 is 0 Å². The molecular weight excluding hydrogens is 240 g/mol. The van der Waals surface area contributed by atoms with E-state index in [1.54, 1.807) is 0 Å². The SMILES string of the molecule is CC1CCCCCN1Cc1ccc(C(N)=S)cc1. The van der Waals surface area contributed by atoms with E-state index in [1.807, 2.05) is 12.1 Å². The van der Waals surface area contributed by atoms with Gasteiger partial charge in [-0.2, -0.15) is 0 Å². The van der Waals surface area contributed by atoms with Gasteiger partial charge in [0.15, 0.2) is 0 Å². The van der Waals surface area contributed by atoms with Gasteiger partial charge >= 0.3 is 0 Å². The Balaban J connectivity index is 2.01. The molecule has 2 nitrogen and oxygen atoms in total. The second kappa shape index (κ2) is 6.30. The standard InChI is InChI=1S/C15H22N2S/c1-12-5-3-2-4-10-17(12)11-13-6-8-14(9-7-13)15(16)18/h6-9,12H,2-5,10-11H2,1H3,(H2,16,18). The normalized spacial score (nSPS) is 21.5. The van der Waals surface area contributed by atoms with Gasteiger partial charge in [0.25, 0.3) is 0 Å². The maximum absolute atomic E-state index is 5.61. The lowest BCUT2D eigenvalue weighted by Crippen LogP contribution is -2.31. The molecule has 1 heterocycles. The molecule has 1 atom stereocenters. The molecule has 1 aliphatic rings. The summed E-state index contributed by atoms with van der Waals surface area (Å²) in [5.41, 5.74) is 7.92. The smallest absolute Gasteiger partial charge is 0.103 e. The van der Waals surface area contributed by atoms with Gasteiger partial charge in [-0.05, 0) is 31.9 Å². The van der Waals surface area contributed by atoms with E-state index in [-0.39, 0.29) is 0 Å². The highest BCUT2D eigenvalue weighted by Gasteiger charge is 2.16. The van der Waals surface area contributed by atoms with Crippen LogP contribution in [0.1, 0.15) is 43.7 Å². The Kier molecular flexibility index (Phi) is 4.72. The molecule has 0 bridgehead atoms. The number of nitrogens with two attached hydrogens (primary N) is 1. The van der Waals surface area contributed by atoms with E-state index < -0.39 is 0 Å². The summed E-state index contributed by atoms with van der Waals surface area (Å²) in [4.78, 5) is 3.06. The van der Waals surface area contributed by atoms with Crippen LogP contribution in [0.3, 0.4) is 0 Å². The predicted octanol–water partition coefficient (Wildman–Crippen LogP) is 3.09. The van der Waals surface area contributed by atoms with Crippen molar-refractivity contribution in [2.45, 2.75) is 45.2 Å². The minimum absolute atomic E-state index is 0.477. The molecule has 98 valence electrons. The average Bonchev–Trinajstić information content (AvgIpc) is 2.56. The van der Waals surface area contributed by atoms with Gasteiger partial charge in [-0.25, -0.2) is 0 Å². The molecule has 3 heteroatoms. The zero-order valence-electron chi connectivity index (χ0n) is 11.1. The predicted molar refractivity (Wildman–Crippen MR) is 80.7 cm³/mol. The second-order valence-corrected chi connectivity index (χ2v) is 5.67. The highest BCUT2D eigenvalue weighted by Crippen LogP contribution is 2.19. The number of hydrogen-bond acceptors (Lipinski definition) is 2. The Bertz CT molecular complexity index is 399. The number of likely N-dealkylation sites (tertiary alicyclic amines) is 1. The summed E-state index contributed by atoms with van der Waals surface area (Å²) in [5.74, 6) is 0. The second-order valence-electron chi connectivity index (χ2n) is 5.23. The lowest BCUT2D eigenvalue weighted by atomic mass is 10.1. The Labute approximate surface area is 115 Å². The van der Waals surface area contributed by atoms with Gasteiger partial charge in [0, 0.05) is 18.2 Å². The van der Waals surface area contributed by atoms with E-state index in [1.165, 1.54) is 37.8 Å². The molecule has 1 aromatic rings. The summed E-state index contributed by atoms with van der Waals surface area (Å²) in [6.07, 6.45) is 5.40. The molecule has 1 aliphatic heterocycles. The van der Waals surface area contributed by atoms with E-state index in [0.717, 1.165) is 12.1 Å². The summed E-state index contributed by atoms with van der Waals surface area (Å²) < 4.78 is 0. The molecule has 1 fully saturated rings. The van der Waals surface area contributed by atoms with Gasteiger partial charge in [0.1, 0.15) is 4.99 Å². The fourth-order valence-corrected chi connectivity index (χ4v) is 2.71. The number of hydrogen-bond donors (Lipinski definition) is 1. The van der Waals surface area contributed by atoms with Crippen molar-refractivity contribution in [1.29, 1.82) is 0 Å². The Morgan fingerprint density at radius 1 is 1.28 bits per heavy atom. The minimum atomic E-state index is 0.477. The number of rotatable bonds is 3. The molecule has 0 saturated carbocycles. The minimum Gasteiger partial charge on any atom is -0.389 e. The zero-order chi connectivity index (χ0) is 13.0. The first-order valence-corrected chi connectivity index (χ1v) is 7.20. The summed E-state index contributed by atoms with van der Waals surface area (Å²) in [5, 5.41) is 0. The maximum Gasteiger partial charge on any atom is 0.103 e. The number of nitrogens with zero attached hydrogens (tertiary/aromatic N) is 1. The summed E-state index contributed by atoms with van der Waals surface area (Å²) in [6.45, 7) is 4.60. The van der Waals surface area contributed by atoms with Gasteiger partial charge in [-0.15, -0.1) is 0 Å². The van der Waals surface area contributed by atoms with Crippen LogP contribution < -0.4 is 5.73 Å². The van der Waals surface area contributed by atoms with Crippen molar-refractivity contribution in [3.8, 4) is 0 Å². The number of thiocarbonyl (C=S) groups is 1. The Morgan fingerprint density at radius 3 is 2.67 bits per heavy atom. The van der Waals surface area contributed by atoms with Crippen molar-refractivity contribution in [2.75, 3.05) is 6.54 Å². The molecule has 1 aromatic carbocycles. The molecule has 0 spiro atoms.